The average Bonchev–Trinajstić information content (AvgIpc) is 3.39. The molecule has 3 rings (SSSR count). The van der Waals surface area contributed by atoms with Crippen LogP contribution >= 0.6 is 0 Å². The molecule has 1 aliphatic rings. The van der Waals surface area contributed by atoms with Gasteiger partial charge in [0, 0.05) is 37.8 Å². The molecular formula is C42H68N2. The maximum absolute atomic E-state index is 2.78. The molecule has 0 aromatic heterocycles. The standard InChI is InChI=1S/C42H68N2/c1-4-7-9-11-13-14-15-16-17-19-21-29-35-44-37-36-43(34-28-20-18-12-10-8-5-2)42(44,38-39-30-24-22-25-31-39)41(6-3)40-32-26-23-27-33-40/h22-27,30-33,36-37,41H,4-21,28-29,34-35,38H2,1-3H3. The van der Waals surface area contributed by atoms with Crippen LogP contribution in [0.2, 0.25) is 0 Å². The van der Waals surface area contributed by atoms with E-state index in [1.807, 2.05) is 0 Å². The minimum atomic E-state index is -0.0581. The highest BCUT2D eigenvalue weighted by atomic mass is 15.4. The van der Waals surface area contributed by atoms with Crippen LogP contribution in [0.4, 0.5) is 0 Å². The molecule has 2 unspecified atom stereocenters. The van der Waals surface area contributed by atoms with Crippen molar-refractivity contribution >= 4 is 0 Å². The molecule has 44 heavy (non-hydrogen) atoms. The highest BCUT2D eigenvalue weighted by molar-refractivity contribution is 5.30. The van der Waals surface area contributed by atoms with Gasteiger partial charge in [-0.15, -0.1) is 0 Å². The van der Waals surface area contributed by atoms with E-state index in [0.29, 0.717) is 5.92 Å². The monoisotopic (exact) mass is 601 g/mol. The summed E-state index contributed by atoms with van der Waals surface area (Å²) in [5, 5.41) is 0. The second kappa shape index (κ2) is 22.3. The van der Waals surface area contributed by atoms with Crippen molar-refractivity contribution in [1.29, 1.82) is 0 Å². The smallest absolute Gasteiger partial charge is 0.123 e. The van der Waals surface area contributed by atoms with Gasteiger partial charge >= 0.3 is 0 Å². The van der Waals surface area contributed by atoms with Crippen LogP contribution in [0, 0.1) is 0 Å². The first-order valence-corrected chi connectivity index (χ1v) is 19.1. The molecule has 2 atom stereocenters. The minimum absolute atomic E-state index is 0.0581. The Hall–Kier alpha value is -2.22. The Bertz CT molecular complexity index is 970. The number of hydrogen-bond acceptors (Lipinski definition) is 2. The molecule has 2 heteroatoms. The molecule has 0 saturated carbocycles. The molecule has 2 nitrogen and oxygen atoms in total. The quantitative estimate of drug-likeness (QED) is 0.0991. The zero-order valence-corrected chi connectivity index (χ0v) is 29.2. The molecule has 1 heterocycles. The Morgan fingerprint density at radius 2 is 0.864 bits per heavy atom. The van der Waals surface area contributed by atoms with Gasteiger partial charge in [0.25, 0.3) is 0 Å². The maximum atomic E-state index is 2.78. The number of unbranched alkanes of at least 4 members (excludes halogenated alkanes) is 17. The summed E-state index contributed by atoms with van der Waals surface area (Å²) in [6.45, 7) is 9.33. The summed E-state index contributed by atoms with van der Waals surface area (Å²) >= 11 is 0. The van der Waals surface area contributed by atoms with Gasteiger partial charge in [0.1, 0.15) is 5.66 Å². The lowest BCUT2D eigenvalue weighted by atomic mass is 9.78. The number of hydrogen-bond donors (Lipinski definition) is 0. The van der Waals surface area contributed by atoms with E-state index in [-0.39, 0.29) is 5.66 Å². The van der Waals surface area contributed by atoms with Crippen LogP contribution in [0.5, 0.6) is 0 Å². The van der Waals surface area contributed by atoms with E-state index >= 15 is 0 Å². The Kier molecular flexibility index (Phi) is 18.4. The summed E-state index contributed by atoms with van der Waals surface area (Å²) in [7, 11) is 0. The Morgan fingerprint density at radius 3 is 1.27 bits per heavy atom. The van der Waals surface area contributed by atoms with Crippen LogP contribution in [0.3, 0.4) is 0 Å². The number of rotatable bonds is 26. The van der Waals surface area contributed by atoms with Crippen LogP contribution in [-0.2, 0) is 6.42 Å². The molecule has 0 spiro atoms. The third-order valence-electron chi connectivity index (χ3n) is 10.2. The summed E-state index contributed by atoms with van der Waals surface area (Å²) in [6, 6.07) is 22.7. The first kappa shape index (κ1) is 36.3. The topological polar surface area (TPSA) is 6.48 Å². The fraction of sp³-hybridized carbons (Fsp3) is 0.667. The summed E-state index contributed by atoms with van der Waals surface area (Å²) in [5.74, 6) is 0.445. The van der Waals surface area contributed by atoms with Gasteiger partial charge in [-0.25, -0.2) is 0 Å². The second-order valence-corrected chi connectivity index (χ2v) is 13.6. The predicted octanol–water partition coefficient (Wildman–Crippen LogP) is 12.7. The van der Waals surface area contributed by atoms with Crippen molar-refractivity contribution in [3.8, 4) is 0 Å². The molecular weight excluding hydrogens is 532 g/mol. The van der Waals surface area contributed by atoms with Crippen LogP contribution in [0.15, 0.2) is 73.1 Å². The first-order chi connectivity index (χ1) is 21.8. The predicted molar refractivity (Wildman–Crippen MR) is 194 cm³/mol. The van der Waals surface area contributed by atoms with E-state index in [9.17, 15) is 0 Å². The SMILES string of the molecule is CCCCCCCCCCCCCCN1C=CN(CCCCCCCCC)C1(Cc1ccccc1)C(CC)c1ccccc1. The van der Waals surface area contributed by atoms with Crippen molar-refractivity contribution in [3.63, 3.8) is 0 Å². The van der Waals surface area contributed by atoms with E-state index in [1.165, 1.54) is 133 Å². The van der Waals surface area contributed by atoms with Gasteiger partial charge in [-0.3, -0.25) is 0 Å². The van der Waals surface area contributed by atoms with Gasteiger partial charge in [-0.05, 0) is 30.4 Å². The van der Waals surface area contributed by atoms with Crippen molar-refractivity contribution in [2.24, 2.45) is 0 Å². The molecule has 0 amide bonds. The van der Waals surface area contributed by atoms with Crippen molar-refractivity contribution in [1.82, 2.24) is 9.80 Å². The molecule has 0 N–H and O–H groups in total. The van der Waals surface area contributed by atoms with E-state index in [2.05, 4.69) is 104 Å². The molecule has 246 valence electrons. The fourth-order valence-corrected chi connectivity index (χ4v) is 7.62. The van der Waals surface area contributed by atoms with Crippen LogP contribution in [0.25, 0.3) is 0 Å². The van der Waals surface area contributed by atoms with E-state index in [1.54, 1.807) is 0 Å². The Morgan fingerprint density at radius 1 is 0.477 bits per heavy atom. The molecule has 0 bridgehead atoms. The Balaban J connectivity index is 1.66. The zero-order chi connectivity index (χ0) is 31.1. The fourth-order valence-electron chi connectivity index (χ4n) is 7.62. The maximum Gasteiger partial charge on any atom is 0.123 e. The van der Waals surface area contributed by atoms with Crippen LogP contribution < -0.4 is 0 Å². The number of nitrogens with zero attached hydrogens (tertiary/aromatic N) is 2. The summed E-state index contributed by atoms with van der Waals surface area (Å²) in [5.41, 5.74) is 2.88. The van der Waals surface area contributed by atoms with Crippen molar-refractivity contribution in [2.75, 3.05) is 13.1 Å². The largest absolute Gasteiger partial charge is 0.353 e. The first-order valence-electron chi connectivity index (χ1n) is 19.1. The van der Waals surface area contributed by atoms with Gasteiger partial charge in [-0.1, -0.05) is 191 Å². The molecule has 2 aromatic carbocycles. The van der Waals surface area contributed by atoms with Gasteiger partial charge in [0.05, 0.1) is 0 Å². The molecule has 2 aromatic rings. The minimum Gasteiger partial charge on any atom is -0.353 e. The van der Waals surface area contributed by atoms with Gasteiger partial charge in [0.15, 0.2) is 0 Å². The van der Waals surface area contributed by atoms with Crippen LogP contribution in [-0.4, -0.2) is 28.6 Å². The van der Waals surface area contributed by atoms with Crippen molar-refractivity contribution < 1.29 is 0 Å². The molecule has 0 saturated heterocycles. The third kappa shape index (κ3) is 11.9. The van der Waals surface area contributed by atoms with Crippen molar-refractivity contribution in [3.05, 3.63) is 84.2 Å². The second-order valence-electron chi connectivity index (χ2n) is 13.6. The molecule has 0 radical (unpaired) electrons. The van der Waals surface area contributed by atoms with Gasteiger partial charge < -0.3 is 9.80 Å². The normalized spacial score (nSPS) is 17.1. The zero-order valence-electron chi connectivity index (χ0n) is 29.2. The van der Waals surface area contributed by atoms with Crippen molar-refractivity contribution in [2.45, 2.75) is 167 Å². The lowest BCUT2D eigenvalue weighted by Crippen LogP contribution is -2.59. The van der Waals surface area contributed by atoms with Crippen LogP contribution in [0.1, 0.15) is 166 Å². The highest BCUT2D eigenvalue weighted by Gasteiger charge is 2.49. The van der Waals surface area contributed by atoms with Gasteiger partial charge in [-0.2, -0.15) is 0 Å². The molecule has 0 fully saturated rings. The highest BCUT2D eigenvalue weighted by Crippen LogP contribution is 2.45. The number of benzene rings is 2. The Labute approximate surface area is 273 Å². The summed E-state index contributed by atoms with van der Waals surface area (Å²) < 4.78 is 0. The third-order valence-corrected chi connectivity index (χ3v) is 10.2. The summed E-state index contributed by atoms with van der Waals surface area (Å²) in [6.07, 6.45) is 33.5. The van der Waals surface area contributed by atoms with E-state index in [4.69, 9.17) is 0 Å². The average molecular weight is 601 g/mol. The molecule has 1 aliphatic heterocycles. The van der Waals surface area contributed by atoms with E-state index < -0.39 is 0 Å². The van der Waals surface area contributed by atoms with Gasteiger partial charge in [0.2, 0.25) is 0 Å². The molecule has 0 aliphatic carbocycles. The van der Waals surface area contributed by atoms with E-state index in [0.717, 1.165) is 25.9 Å². The lowest BCUT2D eigenvalue weighted by Gasteiger charge is -2.51. The lowest BCUT2D eigenvalue weighted by molar-refractivity contribution is -0.00378. The summed E-state index contributed by atoms with van der Waals surface area (Å²) in [4.78, 5) is 5.55.